The summed E-state index contributed by atoms with van der Waals surface area (Å²) in [7, 11) is 1.04. The smallest absolute Gasteiger partial charge is 0.393 e. The third-order valence-corrected chi connectivity index (χ3v) is 8.68. The summed E-state index contributed by atoms with van der Waals surface area (Å²) in [6.07, 6.45) is 3.71. The van der Waals surface area contributed by atoms with Crippen molar-refractivity contribution in [2.75, 3.05) is 13.7 Å². The van der Waals surface area contributed by atoms with Crippen LogP contribution in [-0.2, 0) is 27.3 Å². The molecule has 2 amide bonds. The van der Waals surface area contributed by atoms with Gasteiger partial charge in [0.1, 0.15) is 5.69 Å². The van der Waals surface area contributed by atoms with Crippen LogP contribution in [0.1, 0.15) is 79.8 Å². The van der Waals surface area contributed by atoms with Crippen molar-refractivity contribution >= 4 is 23.4 Å². The van der Waals surface area contributed by atoms with Crippen LogP contribution < -0.4 is 10.6 Å². The number of hydrogen-bond acceptors (Lipinski definition) is 7. The number of imidazole rings is 1. The summed E-state index contributed by atoms with van der Waals surface area (Å²) in [4.78, 5) is 43.9. The number of amides is 2. The molecule has 1 aliphatic heterocycles. The molecule has 3 aromatic rings. The second-order valence-electron chi connectivity index (χ2n) is 11.4. The van der Waals surface area contributed by atoms with Gasteiger partial charge in [0.05, 0.1) is 36.7 Å². The van der Waals surface area contributed by atoms with Gasteiger partial charge in [-0.1, -0.05) is 25.7 Å². The van der Waals surface area contributed by atoms with Crippen molar-refractivity contribution in [2.45, 2.75) is 77.1 Å². The SMILES string of the molecule is CCn1nccc1C(=O)N[C@H](c1cn2nc(C[C@@]3(C(=O)OC)CC(C(F)(F)F)CNC3=O)ccc2n1)C1CCCCCC1. The Balaban J connectivity index is 1.47. The van der Waals surface area contributed by atoms with Crippen molar-refractivity contribution in [3.8, 4) is 0 Å². The van der Waals surface area contributed by atoms with Gasteiger partial charge in [0.25, 0.3) is 5.91 Å². The molecule has 1 unspecified atom stereocenters. The van der Waals surface area contributed by atoms with Gasteiger partial charge in [-0.2, -0.15) is 23.4 Å². The summed E-state index contributed by atoms with van der Waals surface area (Å²) >= 11 is 0. The van der Waals surface area contributed by atoms with Crippen LogP contribution in [0.3, 0.4) is 0 Å². The highest BCUT2D eigenvalue weighted by Crippen LogP contribution is 2.42. The number of ether oxygens (including phenoxy) is 1. The number of carbonyl (C=O) groups excluding carboxylic acids is 3. The topological polar surface area (TPSA) is 133 Å². The van der Waals surface area contributed by atoms with E-state index in [1.165, 1.54) is 4.52 Å². The summed E-state index contributed by atoms with van der Waals surface area (Å²) in [6, 6.07) is 4.44. The van der Waals surface area contributed by atoms with Gasteiger partial charge >= 0.3 is 12.1 Å². The number of methoxy groups -OCH3 is 1. The van der Waals surface area contributed by atoms with Gasteiger partial charge in [0, 0.05) is 25.7 Å². The molecule has 0 radical (unpaired) electrons. The molecule has 1 saturated heterocycles. The standard InChI is InChI=1S/C29H36F3N7O4/c1-3-38-22(12-13-34-38)25(40)36-24(18-8-6-4-5-7-9-18)21-17-39-23(35-21)11-10-20(37-39)15-28(27(42)43-2)14-19(29(30,31)32)16-33-26(28)41/h10-13,17-19,24H,3-9,14-16H2,1-2H3,(H,33,41)(H,36,40)/t19?,24-,28-/m0/s1. The highest BCUT2D eigenvalue weighted by atomic mass is 19.4. The van der Waals surface area contributed by atoms with Crippen molar-refractivity contribution in [2.24, 2.45) is 17.3 Å². The molecular formula is C29H36F3N7O4. The first kappa shape index (κ1) is 30.5. The van der Waals surface area contributed by atoms with E-state index >= 15 is 0 Å². The number of nitrogens with one attached hydrogen (secondary N) is 2. The minimum atomic E-state index is -4.60. The first-order chi connectivity index (χ1) is 20.6. The maximum atomic E-state index is 13.6. The van der Waals surface area contributed by atoms with E-state index in [0.717, 1.165) is 45.6 Å². The average molecular weight is 604 g/mol. The molecule has 3 aromatic heterocycles. The predicted octanol–water partition coefficient (Wildman–Crippen LogP) is 3.79. The van der Waals surface area contributed by atoms with Crippen molar-refractivity contribution in [1.29, 1.82) is 0 Å². The molecule has 3 atom stereocenters. The Labute approximate surface area is 246 Å². The molecule has 1 aliphatic carbocycles. The number of fused-ring (bicyclic) bond motifs is 1. The third-order valence-electron chi connectivity index (χ3n) is 8.68. The van der Waals surface area contributed by atoms with Crippen molar-refractivity contribution < 1.29 is 32.3 Å². The average Bonchev–Trinajstić information content (AvgIpc) is 3.55. The maximum Gasteiger partial charge on any atom is 0.393 e. The summed E-state index contributed by atoms with van der Waals surface area (Å²) in [5.74, 6) is -3.89. The lowest BCUT2D eigenvalue weighted by Crippen LogP contribution is -2.57. The zero-order chi connectivity index (χ0) is 30.8. The molecule has 0 spiro atoms. The van der Waals surface area contributed by atoms with E-state index in [-0.39, 0.29) is 23.9 Å². The number of nitrogens with zero attached hydrogens (tertiary/aromatic N) is 5. The molecule has 0 aromatic carbocycles. The minimum Gasteiger partial charge on any atom is -0.468 e. The Hall–Kier alpha value is -3.97. The first-order valence-corrected chi connectivity index (χ1v) is 14.7. The molecule has 43 heavy (non-hydrogen) atoms. The Morgan fingerprint density at radius 3 is 2.60 bits per heavy atom. The molecule has 11 nitrogen and oxygen atoms in total. The van der Waals surface area contributed by atoms with Crippen LogP contribution in [0.5, 0.6) is 0 Å². The van der Waals surface area contributed by atoms with Gasteiger partial charge in [-0.05, 0) is 50.3 Å². The molecule has 4 heterocycles. The Kier molecular flexibility index (Phi) is 8.74. The summed E-state index contributed by atoms with van der Waals surface area (Å²) < 4.78 is 48.8. The summed E-state index contributed by atoms with van der Waals surface area (Å²) in [6.45, 7) is 1.84. The Bertz CT molecular complexity index is 1470. The van der Waals surface area contributed by atoms with E-state index in [0.29, 0.717) is 23.6 Å². The van der Waals surface area contributed by atoms with E-state index in [2.05, 4.69) is 20.8 Å². The third kappa shape index (κ3) is 6.23. The number of aryl methyl sites for hydroxylation is 1. The fourth-order valence-electron chi connectivity index (χ4n) is 6.36. The van der Waals surface area contributed by atoms with Crippen LogP contribution in [0, 0.1) is 17.3 Å². The van der Waals surface area contributed by atoms with Crippen LogP contribution in [0.4, 0.5) is 13.2 Å². The number of halogens is 3. The number of esters is 1. The molecule has 2 aliphatic rings. The maximum absolute atomic E-state index is 13.6. The molecule has 2 fully saturated rings. The normalized spacial score (nSPS) is 22.5. The summed E-state index contributed by atoms with van der Waals surface area (Å²) in [5, 5.41) is 14.2. The van der Waals surface area contributed by atoms with Gasteiger partial charge < -0.3 is 15.4 Å². The molecule has 0 bridgehead atoms. The van der Waals surface area contributed by atoms with Crippen molar-refractivity contribution in [1.82, 2.24) is 35.0 Å². The van der Waals surface area contributed by atoms with Crippen LogP contribution in [0.2, 0.25) is 0 Å². The molecule has 14 heteroatoms. The lowest BCUT2D eigenvalue weighted by atomic mass is 9.72. The van der Waals surface area contributed by atoms with Gasteiger partial charge in [-0.3, -0.25) is 19.1 Å². The van der Waals surface area contributed by atoms with Gasteiger partial charge in [-0.15, -0.1) is 0 Å². The molecular weight excluding hydrogens is 567 g/mol. The fourth-order valence-corrected chi connectivity index (χ4v) is 6.36. The lowest BCUT2D eigenvalue weighted by Gasteiger charge is -2.38. The highest BCUT2D eigenvalue weighted by molar-refractivity contribution is 6.03. The van der Waals surface area contributed by atoms with Crippen molar-refractivity contribution in [3.63, 3.8) is 0 Å². The quantitative estimate of drug-likeness (QED) is 0.228. The zero-order valence-corrected chi connectivity index (χ0v) is 24.2. The summed E-state index contributed by atoms with van der Waals surface area (Å²) in [5.41, 5.74) is -0.361. The van der Waals surface area contributed by atoms with Crippen LogP contribution in [0.25, 0.3) is 5.65 Å². The molecule has 2 N–H and O–H groups in total. The van der Waals surface area contributed by atoms with Crippen molar-refractivity contribution in [3.05, 3.63) is 47.7 Å². The Morgan fingerprint density at radius 2 is 1.93 bits per heavy atom. The van der Waals surface area contributed by atoms with Crippen LogP contribution in [-0.4, -0.2) is 62.0 Å². The number of piperidine rings is 1. The Morgan fingerprint density at radius 1 is 1.19 bits per heavy atom. The van der Waals surface area contributed by atoms with Crippen LogP contribution >= 0.6 is 0 Å². The van der Waals surface area contributed by atoms with Gasteiger partial charge in [-0.25, -0.2) is 9.50 Å². The first-order valence-electron chi connectivity index (χ1n) is 14.7. The van der Waals surface area contributed by atoms with E-state index < -0.39 is 48.4 Å². The van der Waals surface area contributed by atoms with E-state index in [1.54, 1.807) is 35.3 Å². The minimum absolute atomic E-state index is 0.140. The number of hydrogen-bond donors (Lipinski definition) is 2. The van der Waals surface area contributed by atoms with Gasteiger partial charge in [0.2, 0.25) is 5.91 Å². The number of carbonyl (C=O) groups is 3. The lowest BCUT2D eigenvalue weighted by molar-refractivity contribution is -0.195. The second-order valence-corrected chi connectivity index (χ2v) is 11.4. The van der Waals surface area contributed by atoms with E-state index in [9.17, 15) is 27.6 Å². The predicted molar refractivity (Wildman–Crippen MR) is 148 cm³/mol. The number of aromatic nitrogens is 5. The van der Waals surface area contributed by atoms with Gasteiger partial charge in [0.15, 0.2) is 11.1 Å². The molecule has 1 saturated carbocycles. The van der Waals surface area contributed by atoms with E-state index in [4.69, 9.17) is 9.72 Å². The second kappa shape index (κ2) is 12.3. The number of rotatable bonds is 8. The monoisotopic (exact) mass is 603 g/mol. The molecule has 232 valence electrons. The zero-order valence-electron chi connectivity index (χ0n) is 24.2. The largest absolute Gasteiger partial charge is 0.468 e. The molecule has 5 rings (SSSR count). The fraction of sp³-hybridized carbons (Fsp3) is 0.586. The van der Waals surface area contributed by atoms with E-state index in [1.807, 2.05) is 6.92 Å². The number of alkyl halides is 3. The highest BCUT2D eigenvalue weighted by Gasteiger charge is 2.56. The van der Waals surface area contributed by atoms with Crippen LogP contribution in [0.15, 0.2) is 30.6 Å².